The minimum Gasteiger partial charge on any atom is -0.307 e. The molecule has 0 aromatic heterocycles. The first kappa shape index (κ1) is 6.56. The number of hydrogen-bond acceptors (Lipinski definition) is 3. The molecule has 0 spiro atoms. The Morgan fingerprint density at radius 3 is 2.57 bits per heavy atom. The molecule has 0 aromatic carbocycles. The van der Waals surface area contributed by atoms with E-state index in [0.29, 0.717) is 6.42 Å². The third-order valence-electron chi connectivity index (χ3n) is 0.720. The van der Waals surface area contributed by atoms with Crippen LogP contribution < -0.4 is 5.73 Å². The van der Waals surface area contributed by atoms with Crippen LogP contribution in [0.2, 0.25) is 0 Å². The Hall–Kier alpha value is -0.440. The van der Waals surface area contributed by atoms with Crippen molar-refractivity contribution < 1.29 is 0 Å². The SMILES string of the molecule is CCCC(N)N=O. The Morgan fingerprint density at radius 2 is 2.43 bits per heavy atom. The Kier molecular flexibility index (Phi) is 3.50. The maximum atomic E-state index is 9.52. The van der Waals surface area contributed by atoms with E-state index in [2.05, 4.69) is 5.18 Å². The van der Waals surface area contributed by atoms with E-state index in [1.807, 2.05) is 6.92 Å². The van der Waals surface area contributed by atoms with Gasteiger partial charge in [0.05, 0.1) is 0 Å². The lowest BCUT2D eigenvalue weighted by Gasteiger charge is -1.94. The van der Waals surface area contributed by atoms with E-state index in [-0.39, 0.29) is 0 Å². The van der Waals surface area contributed by atoms with Crippen LogP contribution in [-0.2, 0) is 0 Å². The zero-order chi connectivity index (χ0) is 5.70. The predicted octanol–water partition coefficient (Wildman–Crippen LogP) is 0.838. The summed E-state index contributed by atoms with van der Waals surface area (Å²) in [5, 5.41) is 2.61. The molecule has 0 aromatic rings. The number of rotatable bonds is 3. The van der Waals surface area contributed by atoms with Gasteiger partial charge >= 0.3 is 0 Å². The van der Waals surface area contributed by atoms with Crippen LogP contribution >= 0.6 is 0 Å². The summed E-state index contributed by atoms with van der Waals surface area (Å²) < 4.78 is 0. The molecule has 1 unspecified atom stereocenters. The van der Waals surface area contributed by atoms with Crippen molar-refractivity contribution in [2.24, 2.45) is 10.9 Å². The Balaban J connectivity index is 2.98. The molecule has 0 heterocycles. The van der Waals surface area contributed by atoms with E-state index in [0.717, 1.165) is 6.42 Å². The maximum Gasteiger partial charge on any atom is 0.139 e. The van der Waals surface area contributed by atoms with Crippen LogP contribution in [0.25, 0.3) is 0 Å². The fourth-order valence-electron chi connectivity index (χ4n) is 0.348. The molecule has 7 heavy (non-hydrogen) atoms. The minimum absolute atomic E-state index is 0.481. The minimum atomic E-state index is -0.481. The molecule has 0 saturated heterocycles. The molecule has 0 aliphatic heterocycles. The van der Waals surface area contributed by atoms with Gasteiger partial charge in [0.2, 0.25) is 0 Å². The molecule has 1 atom stereocenters. The number of hydrogen-bond donors (Lipinski definition) is 1. The lowest BCUT2D eigenvalue weighted by Crippen LogP contribution is -2.14. The molecule has 0 fully saturated rings. The standard InChI is InChI=1S/C4H10N2O/c1-2-3-4(5)6-7/h4H,2-3,5H2,1H3. The van der Waals surface area contributed by atoms with Gasteiger partial charge in [0.15, 0.2) is 0 Å². The Labute approximate surface area is 42.9 Å². The van der Waals surface area contributed by atoms with Crippen molar-refractivity contribution in [1.29, 1.82) is 0 Å². The van der Waals surface area contributed by atoms with E-state index in [4.69, 9.17) is 5.73 Å². The summed E-state index contributed by atoms with van der Waals surface area (Å²) in [5.41, 5.74) is 5.10. The molecule has 3 nitrogen and oxygen atoms in total. The zero-order valence-electron chi connectivity index (χ0n) is 4.42. The van der Waals surface area contributed by atoms with Crippen molar-refractivity contribution >= 4 is 0 Å². The zero-order valence-corrected chi connectivity index (χ0v) is 4.42. The van der Waals surface area contributed by atoms with Crippen molar-refractivity contribution in [3.05, 3.63) is 4.91 Å². The van der Waals surface area contributed by atoms with Gasteiger partial charge in [0, 0.05) is 0 Å². The second-order valence-electron chi connectivity index (χ2n) is 1.46. The molecular weight excluding hydrogens is 92.1 g/mol. The molecule has 0 bridgehead atoms. The van der Waals surface area contributed by atoms with E-state index in [1.165, 1.54) is 0 Å². The molecule has 0 saturated carbocycles. The van der Waals surface area contributed by atoms with E-state index >= 15 is 0 Å². The van der Waals surface area contributed by atoms with E-state index < -0.39 is 6.17 Å². The summed E-state index contributed by atoms with van der Waals surface area (Å²) in [4.78, 5) is 9.52. The lowest BCUT2D eigenvalue weighted by molar-refractivity contribution is 0.625. The van der Waals surface area contributed by atoms with Crippen LogP contribution in [0.4, 0.5) is 0 Å². The highest BCUT2D eigenvalue weighted by molar-refractivity contribution is 4.52. The summed E-state index contributed by atoms with van der Waals surface area (Å²) in [6.07, 6.45) is 1.14. The summed E-state index contributed by atoms with van der Waals surface area (Å²) in [6, 6.07) is 0. The van der Waals surface area contributed by atoms with Crippen LogP contribution in [0.5, 0.6) is 0 Å². The van der Waals surface area contributed by atoms with Crippen molar-refractivity contribution in [3.63, 3.8) is 0 Å². The predicted molar refractivity (Wildman–Crippen MR) is 28.7 cm³/mol. The van der Waals surface area contributed by atoms with Crippen LogP contribution in [0.3, 0.4) is 0 Å². The highest BCUT2D eigenvalue weighted by Gasteiger charge is 1.94. The van der Waals surface area contributed by atoms with E-state index in [1.54, 1.807) is 0 Å². The smallest absolute Gasteiger partial charge is 0.139 e. The van der Waals surface area contributed by atoms with Gasteiger partial charge in [-0.15, -0.1) is 4.91 Å². The maximum absolute atomic E-state index is 9.52. The Bertz CT molecular complexity index is 55.7. The average Bonchev–Trinajstić information content (AvgIpc) is 1.68. The first-order valence-electron chi connectivity index (χ1n) is 2.39. The molecule has 0 amide bonds. The van der Waals surface area contributed by atoms with Crippen molar-refractivity contribution in [3.8, 4) is 0 Å². The van der Waals surface area contributed by atoms with Crippen LogP contribution in [0.15, 0.2) is 5.18 Å². The van der Waals surface area contributed by atoms with Gasteiger partial charge in [0.1, 0.15) is 6.17 Å². The van der Waals surface area contributed by atoms with Crippen LogP contribution in [0, 0.1) is 4.91 Å². The molecule has 3 heteroatoms. The van der Waals surface area contributed by atoms with Crippen molar-refractivity contribution in [2.45, 2.75) is 25.9 Å². The first-order chi connectivity index (χ1) is 3.31. The molecule has 42 valence electrons. The van der Waals surface area contributed by atoms with Crippen LogP contribution in [-0.4, -0.2) is 6.17 Å². The molecule has 0 radical (unpaired) electrons. The fraction of sp³-hybridized carbons (Fsp3) is 1.00. The second-order valence-corrected chi connectivity index (χ2v) is 1.46. The molecule has 0 aliphatic carbocycles. The van der Waals surface area contributed by atoms with Gasteiger partial charge in [-0.2, -0.15) is 0 Å². The third kappa shape index (κ3) is 3.39. The van der Waals surface area contributed by atoms with E-state index in [9.17, 15) is 4.91 Å². The van der Waals surface area contributed by atoms with Gasteiger partial charge in [0.25, 0.3) is 0 Å². The van der Waals surface area contributed by atoms with Crippen molar-refractivity contribution in [1.82, 2.24) is 0 Å². The topological polar surface area (TPSA) is 55.4 Å². The largest absolute Gasteiger partial charge is 0.307 e. The highest BCUT2D eigenvalue weighted by Crippen LogP contribution is 1.91. The molecule has 0 aliphatic rings. The fourth-order valence-corrected chi connectivity index (χ4v) is 0.348. The first-order valence-corrected chi connectivity index (χ1v) is 2.39. The molecular formula is C4H10N2O. The number of nitrogens with zero attached hydrogens (tertiary/aromatic N) is 1. The molecule has 2 N–H and O–H groups in total. The van der Waals surface area contributed by atoms with Gasteiger partial charge in [-0.05, 0) is 6.42 Å². The van der Waals surface area contributed by atoms with Crippen molar-refractivity contribution in [2.75, 3.05) is 0 Å². The normalized spacial score (nSPS) is 13.4. The third-order valence-corrected chi connectivity index (χ3v) is 0.720. The summed E-state index contributed by atoms with van der Waals surface area (Å²) >= 11 is 0. The summed E-state index contributed by atoms with van der Waals surface area (Å²) in [6.45, 7) is 1.96. The summed E-state index contributed by atoms with van der Waals surface area (Å²) in [5.74, 6) is 0. The lowest BCUT2D eigenvalue weighted by atomic mass is 10.3. The quantitative estimate of drug-likeness (QED) is 0.537. The monoisotopic (exact) mass is 102 g/mol. The number of nitroso groups, excluding NO2 is 1. The van der Waals surface area contributed by atoms with Gasteiger partial charge in [-0.1, -0.05) is 18.5 Å². The Morgan fingerprint density at radius 1 is 1.86 bits per heavy atom. The molecule has 0 rings (SSSR count). The number of nitrogens with two attached hydrogens (primary N) is 1. The van der Waals surface area contributed by atoms with Crippen LogP contribution in [0.1, 0.15) is 19.8 Å². The van der Waals surface area contributed by atoms with Gasteiger partial charge in [-0.3, -0.25) is 0 Å². The summed E-state index contributed by atoms with van der Waals surface area (Å²) in [7, 11) is 0. The average molecular weight is 102 g/mol. The van der Waals surface area contributed by atoms with Gasteiger partial charge < -0.3 is 5.73 Å². The second kappa shape index (κ2) is 3.74. The van der Waals surface area contributed by atoms with Gasteiger partial charge in [-0.25, -0.2) is 0 Å². The highest BCUT2D eigenvalue weighted by atomic mass is 16.3.